The van der Waals surface area contributed by atoms with Crippen molar-refractivity contribution >= 4 is 29.3 Å². The Kier molecular flexibility index (Phi) is 5.88. The Hall–Kier alpha value is -1.85. The van der Waals surface area contributed by atoms with Gasteiger partial charge in [0.1, 0.15) is 12.7 Å². The highest BCUT2D eigenvalue weighted by atomic mass is 35.5. The molecule has 6 heteroatoms. The first-order valence-corrected chi connectivity index (χ1v) is 9.11. The summed E-state index contributed by atoms with van der Waals surface area (Å²) in [6, 6.07) is 15.2. The van der Waals surface area contributed by atoms with E-state index < -0.39 is 0 Å². The van der Waals surface area contributed by atoms with E-state index in [-0.39, 0.29) is 12.0 Å². The molecule has 2 aromatic rings. The van der Waals surface area contributed by atoms with Crippen LogP contribution in [0, 0.1) is 0 Å². The van der Waals surface area contributed by atoms with Gasteiger partial charge in [0.15, 0.2) is 11.5 Å². The lowest BCUT2D eigenvalue weighted by Crippen LogP contribution is -2.40. The minimum Gasteiger partial charge on any atom is -0.486 e. The van der Waals surface area contributed by atoms with Gasteiger partial charge in [-0.2, -0.15) is 0 Å². The molecule has 1 aliphatic rings. The number of rotatable bonds is 6. The molecule has 1 N–H and O–H groups in total. The average molecular weight is 364 g/mol. The molecule has 2 aromatic carbocycles. The summed E-state index contributed by atoms with van der Waals surface area (Å²) in [5.41, 5.74) is 0. The van der Waals surface area contributed by atoms with Crippen molar-refractivity contribution in [3.63, 3.8) is 0 Å². The maximum Gasteiger partial charge on any atom is 0.220 e. The highest BCUT2D eigenvalue weighted by molar-refractivity contribution is 7.99. The molecule has 0 aliphatic carbocycles. The molecule has 0 fully saturated rings. The zero-order valence-electron chi connectivity index (χ0n) is 13.0. The zero-order valence-corrected chi connectivity index (χ0v) is 14.6. The van der Waals surface area contributed by atoms with Gasteiger partial charge in [-0.05, 0) is 24.3 Å². The molecule has 126 valence electrons. The number of hydrogen-bond acceptors (Lipinski definition) is 4. The molecule has 24 heavy (non-hydrogen) atoms. The molecule has 1 amide bonds. The first-order valence-electron chi connectivity index (χ1n) is 7.75. The van der Waals surface area contributed by atoms with Crippen molar-refractivity contribution in [1.82, 2.24) is 5.32 Å². The molecular formula is C18H18ClNO3S. The fourth-order valence-electron chi connectivity index (χ4n) is 2.30. The van der Waals surface area contributed by atoms with Crippen LogP contribution in [0.1, 0.15) is 6.42 Å². The Bertz CT molecular complexity index is 710. The second-order valence-electron chi connectivity index (χ2n) is 5.33. The first-order chi connectivity index (χ1) is 11.7. The van der Waals surface area contributed by atoms with Gasteiger partial charge in [0.2, 0.25) is 5.91 Å². The van der Waals surface area contributed by atoms with E-state index >= 15 is 0 Å². The molecule has 1 aliphatic heterocycles. The molecule has 0 spiro atoms. The lowest BCUT2D eigenvalue weighted by Gasteiger charge is -2.26. The number of halogens is 1. The van der Waals surface area contributed by atoms with Gasteiger partial charge in [-0.25, -0.2) is 0 Å². The summed E-state index contributed by atoms with van der Waals surface area (Å²) in [6.07, 6.45) is 0.264. The Morgan fingerprint density at radius 2 is 1.92 bits per heavy atom. The van der Waals surface area contributed by atoms with E-state index in [0.717, 1.165) is 16.4 Å². The summed E-state index contributed by atoms with van der Waals surface area (Å²) in [7, 11) is 0. The number of carbonyl (C=O) groups excluding carboxylic acids is 1. The smallest absolute Gasteiger partial charge is 0.220 e. The van der Waals surface area contributed by atoms with Crippen LogP contribution in [0.5, 0.6) is 11.5 Å². The van der Waals surface area contributed by atoms with Crippen LogP contribution in [0.25, 0.3) is 0 Å². The van der Waals surface area contributed by atoms with Gasteiger partial charge >= 0.3 is 0 Å². The van der Waals surface area contributed by atoms with Gasteiger partial charge in [-0.15, -0.1) is 11.8 Å². The quantitative estimate of drug-likeness (QED) is 0.793. The zero-order chi connectivity index (χ0) is 16.8. The highest BCUT2D eigenvalue weighted by Gasteiger charge is 2.20. The number of benzene rings is 2. The number of hydrogen-bond donors (Lipinski definition) is 1. The van der Waals surface area contributed by atoms with E-state index in [1.807, 2.05) is 48.5 Å². The van der Waals surface area contributed by atoms with Crippen LogP contribution < -0.4 is 14.8 Å². The molecule has 1 heterocycles. The van der Waals surface area contributed by atoms with Gasteiger partial charge in [0.25, 0.3) is 0 Å². The second-order valence-corrected chi connectivity index (χ2v) is 6.87. The Morgan fingerprint density at radius 3 is 2.75 bits per heavy atom. The molecular weight excluding hydrogens is 346 g/mol. The third-order valence-corrected chi connectivity index (χ3v) is 5.03. The van der Waals surface area contributed by atoms with Crippen molar-refractivity contribution in [2.75, 3.05) is 18.9 Å². The molecule has 0 aromatic heterocycles. The van der Waals surface area contributed by atoms with Gasteiger partial charge in [-0.1, -0.05) is 35.9 Å². The van der Waals surface area contributed by atoms with Crippen LogP contribution >= 0.6 is 23.4 Å². The van der Waals surface area contributed by atoms with Gasteiger partial charge in [0, 0.05) is 17.1 Å². The number of nitrogens with one attached hydrogen (secondary N) is 1. The van der Waals surface area contributed by atoms with E-state index in [9.17, 15) is 4.79 Å². The van der Waals surface area contributed by atoms with Crippen molar-refractivity contribution < 1.29 is 14.3 Å². The summed E-state index contributed by atoms with van der Waals surface area (Å²) in [6.45, 7) is 0.871. The van der Waals surface area contributed by atoms with Crippen LogP contribution in [0.3, 0.4) is 0 Å². The van der Waals surface area contributed by atoms with Crippen LogP contribution in [0.15, 0.2) is 53.4 Å². The molecule has 0 saturated carbocycles. The largest absolute Gasteiger partial charge is 0.486 e. The lowest BCUT2D eigenvalue weighted by molar-refractivity contribution is -0.121. The SMILES string of the molecule is O=C(CCSc1ccccc1Cl)NCC1COc2ccccc2O1. The van der Waals surface area contributed by atoms with Gasteiger partial charge in [0.05, 0.1) is 11.6 Å². The molecule has 0 saturated heterocycles. The molecule has 1 atom stereocenters. The number of para-hydroxylation sites is 2. The summed E-state index contributed by atoms with van der Waals surface area (Å²) in [4.78, 5) is 12.9. The summed E-state index contributed by atoms with van der Waals surface area (Å²) in [5, 5.41) is 3.61. The third kappa shape index (κ3) is 4.58. The van der Waals surface area contributed by atoms with E-state index in [0.29, 0.717) is 30.3 Å². The van der Waals surface area contributed by atoms with E-state index in [2.05, 4.69) is 5.32 Å². The summed E-state index contributed by atoms with van der Waals surface area (Å²) >= 11 is 7.67. The number of thioether (sulfide) groups is 1. The molecule has 4 nitrogen and oxygen atoms in total. The second kappa shape index (κ2) is 8.31. The minimum atomic E-state index is -0.167. The first kappa shape index (κ1) is 17.0. The van der Waals surface area contributed by atoms with E-state index in [4.69, 9.17) is 21.1 Å². The van der Waals surface area contributed by atoms with Crippen LogP contribution in [-0.4, -0.2) is 30.9 Å². The average Bonchev–Trinajstić information content (AvgIpc) is 2.61. The maximum absolute atomic E-state index is 12.0. The molecule has 1 unspecified atom stereocenters. The number of ether oxygens (including phenoxy) is 2. The standard InChI is InChI=1S/C18H18ClNO3S/c19-14-5-1-4-8-17(14)24-10-9-18(21)20-11-13-12-22-15-6-2-3-7-16(15)23-13/h1-8,13H,9-12H2,(H,20,21). The topological polar surface area (TPSA) is 47.6 Å². The summed E-state index contributed by atoms with van der Waals surface area (Å²) in [5.74, 6) is 2.14. The maximum atomic E-state index is 12.0. The van der Waals surface area contributed by atoms with Crippen molar-refractivity contribution in [2.24, 2.45) is 0 Å². The van der Waals surface area contributed by atoms with Crippen molar-refractivity contribution in [1.29, 1.82) is 0 Å². The van der Waals surface area contributed by atoms with E-state index in [1.165, 1.54) is 0 Å². The highest BCUT2D eigenvalue weighted by Crippen LogP contribution is 2.30. The molecule has 0 radical (unpaired) electrons. The molecule has 0 bridgehead atoms. The number of carbonyl (C=O) groups is 1. The fourth-order valence-corrected chi connectivity index (χ4v) is 3.48. The predicted octanol–water partition coefficient (Wildman–Crippen LogP) is 3.78. The van der Waals surface area contributed by atoms with Gasteiger partial charge in [-0.3, -0.25) is 4.79 Å². The summed E-state index contributed by atoms with van der Waals surface area (Å²) < 4.78 is 11.4. The normalized spacial score (nSPS) is 15.8. The van der Waals surface area contributed by atoms with Crippen LogP contribution in [0.2, 0.25) is 5.02 Å². The number of fused-ring (bicyclic) bond motifs is 1. The van der Waals surface area contributed by atoms with Crippen molar-refractivity contribution in [2.45, 2.75) is 17.4 Å². The molecule has 3 rings (SSSR count). The Morgan fingerprint density at radius 1 is 1.17 bits per heavy atom. The van der Waals surface area contributed by atoms with Gasteiger partial charge < -0.3 is 14.8 Å². The minimum absolute atomic E-state index is 0.00277. The predicted molar refractivity (Wildman–Crippen MR) is 96.2 cm³/mol. The lowest BCUT2D eigenvalue weighted by atomic mass is 10.2. The van der Waals surface area contributed by atoms with Crippen LogP contribution in [-0.2, 0) is 4.79 Å². The van der Waals surface area contributed by atoms with Crippen molar-refractivity contribution in [3.8, 4) is 11.5 Å². The Labute approximate surface area is 150 Å². The monoisotopic (exact) mass is 363 g/mol. The van der Waals surface area contributed by atoms with Crippen LogP contribution in [0.4, 0.5) is 0 Å². The van der Waals surface area contributed by atoms with E-state index in [1.54, 1.807) is 11.8 Å². The third-order valence-electron chi connectivity index (χ3n) is 3.52. The fraction of sp³-hybridized carbons (Fsp3) is 0.278. The Balaban J connectivity index is 1.38. The van der Waals surface area contributed by atoms with Crippen molar-refractivity contribution in [3.05, 3.63) is 53.6 Å². The number of amides is 1.